The van der Waals surface area contributed by atoms with Gasteiger partial charge in [-0.15, -0.1) is 0 Å². The Kier molecular flexibility index (Phi) is 5.91. The van der Waals surface area contributed by atoms with Crippen molar-refractivity contribution >= 4 is 5.97 Å². The molecule has 0 aromatic heterocycles. The largest absolute Gasteiger partial charge is 0.545 e. The summed E-state index contributed by atoms with van der Waals surface area (Å²) in [7, 11) is 0. The first-order chi connectivity index (χ1) is 9.91. The summed E-state index contributed by atoms with van der Waals surface area (Å²) in [4.78, 5) is 10.8. The molecule has 0 aliphatic rings. The van der Waals surface area contributed by atoms with E-state index in [1.165, 1.54) is 0 Å². The maximum Gasteiger partial charge on any atom is 0.165 e. The van der Waals surface area contributed by atoms with Crippen LogP contribution >= 0.6 is 0 Å². The molecular formula is C17H18FO3-. The van der Waals surface area contributed by atoms with E-state index in [9.17, 15) is 14.3 Å². The fourth-order valence-corrected chi connectivity index (χ4v) is 1.59. The fourth-order valence-electron chi connectivity index (χ4n) is 1.59. The van der Waals surface area contributed by atoms with Crippen LogP contribution in [-0.2, 0) is 0 Å². The highest BCUT2D eigenvalue weighted by Gasteiger charge is 2.22. The van der Waals surface area contributed by atoms with Crippen LogP contribution in [0.4, 0.5) is 4.39 Å². The van der Waals surface area contributed by atoms with Crippen molar-refractivity contribution in [1.29, 1.82) is 0 Å². The molecule has 0 amide bonds. The van der Waals surface area contributed by atoms with Gasteiger partial charge in [-0.3, -0.25) is 0 Å². The van der Waals surface area contributed by atoms with Crippen LogP contribution in [0.2, 0.25) is 0 Å². The zero-order chi connectivity index (χ0) is 15.9. The van der Waals surface area contributed by atoms with Gasteiger partial charge in [-0.1, -0.05) is 37.8 Å². The van der Waals surface area contributed by atoms with E-state index in [4.69, 9.17) is 4.74 Å². The van der Waals surface area contributed by atoms with E-state index in [1.807, 2.05) is 6.92 Å². The highest BCUT2D eigenvalue weighted by molar-refractivity contribution is 5.86. The molecule has 1 aromatic carbocycles. The quantitative estimate of drug-likeness (QED) is 0.725. The maximum absolute atomic E-state index is 13.8. The molecular weight excluding hydrogens is 271 g/mol. The molecule has 1 aromatic rings. The minimum absolute atomic E-state index is 0.113. The van der Waals surface area contributed by atoms with Crippen LogP contribution in [0.15, 0.2) is 55.2 Å². The Balaban J connectivity index is 3.02. The second-order valence-corrected chi connectivity index (χ2v) is 4.68. The summed E-state index contributed by atoms with van der Waals surface area (Å²) in [5.41, 5.74) is -0.878. The van der Waals surface area contributed by atoms with Gasteiger partial charge in [-0.2, -0.15) is 0 Å². The van der Waals surface area contributed by atoms with E-state index in [-0.39, 0.29) is 11.3 Å². The standard InChI is InChI=1S/C17H19FO3/c1-4-6-7-8-11-17(3,5-2)21-15-12-13(16(19)20)9-10-14(15)18/h4,6-12H,1,5H2,2-3H3,(H,19,20)/p-1/b7-6-,11-8+. The number of rotatable bonds is 7. The summed E-state index contributed by atoms with van der Waals surface area (Å²) in [6.45, 7) is 7.24. The Morgan fingerprint density at radius 3 is 2.71 bits per heavy atom. The minimum atomic E-state index is -1.37. The van der Waals surface area contributed by atoms with E-state index in [2.05, 4.69) is 6.58 Å². The number of hydrogen-bond donors (Lipinski definition) is 0. The number of halogens is 1. The first kappa shape index (κ1) is 16.7. The van der Waals surface area contributed by atoms with Crippen LogP contribution in [0.5, 0.6) is 5.75 Å². The first-order valence-corrected chi connectivity index (χ1v) is 6.58. The number of ether oxygens (including phenoxy) is 1. The van der Waals surface area contributed by atoms with E-state index in [0.717, 1.165) is 18.2 Å². The van der Waals surface area contributed by atoms with Crippen LogP contribution in [0.25, 0.3) is 0 Å². The Morgan fingerprint density at radius 2 is 2.14 bits per heavy atom. The molecule has 0 fully saturated rings. The monoisotopic (exact) mass is 289 g/mol. The third-order valence-corrected chi connectivity index (χ3v) is 3.02. The van der Waals surface area contributed by atoms with Crippen molar-refractivity contribution in [2.45, 2.75) is 25.9 Å². The van der Waals surface area contributed by atoms with Crippen molar-refractivity contribution in [3.63, 3.8) is 0 Å². The average molecular weight is 289 g/mol. The lowest BCUT2D eigenvalue weighted by molar-refractivity contribution is -0.255. The van der Waals surface area contributed by atoms with Gasteiger partial charge in [-0.05, 0) is 37.6 Å². The number of allylic oxidation sites excluding steroid dienone is 4. The van der Waals surface area contributed by atoms with Crippen LogP contribution in [0, 0.1) is 5.82 Å². The molecule has 1 unspecified atom stereocenters. The number of carboxylic acid groups (broad SMARTS) is 1. The van der Waals surface area contributed by atoms with Gasteiger partial charge in [0.1, 0.15) is 5.60 Å². The molecule has 3 nitrogen and oxygen atoms in total. The third-order valence-electron chi connectivity index (χ3n) is 3.02. The molecule has 1 rings (SSSR count). The molecule has 0 N–H and O–H groups in total. The van der Waals surface area contributed by atoms with Gasteiger partial charge in [0.15, 0.2) is 11.6 Å². The Hall–Kier alpha value is -2.36. The zero-order valence-corrected chi connectivity index (χ0v) is 12.1. The van der Waals surface area contributed by atoms with Gasteiger partial charge in [0, 0.05) is 5.56 Å². The van der Waals surface area contributed by atoms with Crippen molar-refractivity contribution in [2.24, 2.45) is 0 Å². The van der Waals surface area contributed by atoms with Crippen molar-refractivity contribution < 1.29 is 19.0 Å². The molecule has 0 saturated carbocycles. The van der Waals surface area contributed by atoms with E-state index in [0.29, 0.717) is 6.42 Å². The molecule has 112 valence electrons. The van der Waals surface area contributed by atoms with Crippen molar-refractivity contribution in [3.05, 3.63) is 66.5 Å². The summed E-state index contributed by atoms with van der Waals surface area (Å²) < 4.78 is 19.4. The van der Waals surface area contributed by atoms with Gasteiger partial charge < -0.3 is 14.6 Å². The topological polar surface area (TPSA) is 49.4 Å². The zero-order valence-electron chi connectivity index (χ0n) is 12.1. The fraction of sp³-hybridized carbons (Fsp3) is 0.235. The molecule has 0 spiro atoms. The molecule has 0 bridgehead atoms. The minimum Gasteiger partial charge on any atom is -0.545 e. The summed E-state index contributed by atoms with van der Waals surface area (Å²) in [5.74, 6) is -2.10. The lowest BCUT2D eigenvalue weighted by Gasteiger charge is -2.26. The Bertz CT molecular complexity index is 575. The molecule has 0 heterocycles. The maximum atomic E-state index is 13.8. The highest BCUT2D eigenvalue weighted by atomic mass is 19.1. The highest BCUT2D eigenvalue weighted by Crippen LogP contribution is 2.26. The van der Waals surface area contributed by atoms with E-state index >= 15 is 0 Å². The summed E-state index contributed by atoms with van der Waals surface area (Å²) >= 11 is 0. The number of benzene rings is 1. The number of aromatic carboxylic acids is 1. The molecule has 0 saturated heterocycles. The number of carbonyl (C=O) groups is 1. The predicted octanol–water partition coefficient (Wildman–Crippen LogP) is 3.04. The van der Waals surface area contributed by atoms with Crippen LogP contribution in [0.1, 0.15) is 30.6 Å². The Labute approximate surface area is 124 Å². The second kappa shape index (κ2) is 7.43. The molecule has 0 aliphatic carbocycles. The molecule has 0 aliphatic heterocycles. The lowest BCUT2D eigenvalue weighted by atomic mass is 10.0. The summed E-state index contributed by atoms with van der Waals surface area (Å²) in [6, 6.07) is 3.33. The van der Waals surface area contributed by atoms with Crippen LogP contribution in [0.3, 0.4) is 0 Å². The SMILES string of the molecule is C=C/C=C\C=C\C(C)(CC)Oc1cc(C(=O)[O-])ccc1F. The van der Waals surface area contributed by atoms with Gasteiger partial charge in [0.05, 0.1) is 5.97 Å². The van der Waals surface area contributed by atoms with Crippen molar-refractivity contribution in [1.82, 2.24) is 0 Å². The third kappa shape index (κ3) is 4.91. The van der Waals surface area contributed by atoms with Gasteiger partial charge in [0.2, 0.25) is 0 Å². The number of carbonyl (C=O) groups excluding carboxylic acids is 1. The van der Waals surface area contributed by atoms with Crippen LogP contribution in [-0.4, -0.2) is 11.6 Å². The predicted molar refractivity (Wildman–Crippen MR) is 78.5 cm³/mol. The average Bonchev–Trinajstić information content (AvgIpc) is 2.46. The van der Waals surface area contributed by atoms with Crippen LogP contribution < -0.4 is 9.84 Å². The van der Waals surface area contributed by atoms with Crippen molar-refractivity contribution in [3.8, 4) is 5.75 Å². The Morgan fingerprint density at radius 1 is 1.43 bits per heavy atom. The summed E-state index contributed by atoms with van der Waals surface area (Å²) in [6.07, 6.45) is 9.30. The second-order valence-electron chi connectivity index (χ2n) is 4.68. The van der Waals surface area contributed by atoms with E-state index in [1.54, 1.807) is 37.3 Å². The smallest absolute Gasteiger partial charge is 0.165 e. The van der Waals surface area contributed by atoms with E-state index < -0.39 is 17.4 Å². The summed E-state index contributed by atoms with van der Waals surface area (Å²) in [5, 5.41) is 10.8. The van der Waals surface area contributed by atoms with Crippen molar-refractivity contribution in [2.75, 3.05) is 0 Å². The molecule has 0 radical (unpaired) electrons. The van der Waals surface area contributed by atoms with Gasteiger partial charge >= 0.3 is 0 Å². The number of hydrogen-bond acceptors (Lipinski definition) is 3. The van der Waals surface area contributed by atoms with Gasteiger partial charge in [-0.25, -0.2) is 4.39 Å². The molecule has 21 heavy (non-hydrogen) atoms. The lowest BCUT2D eigenvalue weighted by Crippen LogP contribution is -2.29. The first-order valence-electron chi connectivity index (χ1n) is 6.58. The number of carboxylic acids is 1. The van der Waals surface area contributed by atoms with Gasteiger partial charge in [0.25, 0.3) is 0 Å². The molecule has 1 atom stereocenters. The molecule has 4 heteroatoms. The normalized spacial score (nSPS) is 14.2.